The van der Waals surface area contributed by atoms with E-state index in [4.69, 9.17) is 0 Å². The topological polar surface area (TPSA) is 15.3 Å². The van der Waals surface area contributed by atoms with E-state index in [2.05, 4.69) is 54.4 Å². The van der Waals surface area contributed by atoms with Gasteiger partial charge in [-0.05, 0) is 51.8 Å². The van der Waals surface area contributed by atoms with Crippen molar-refractivity contribution in [3.8, 4) is 0 Å². The monoisotopic (exact) mass is 246 g/mol. The van der Waals surface area contributed by atoms with Crippen molar-refractivity contribution in [2.24, 2.45) is 0 Å². The third-order valence-corrected chi connectivity index (χ3v) is 3.93. The second-order valence-electron chi connectivity index (χ2n) is 5.62. The molecule has 100 valence electrons. The Morgan fingerprint density at radius 3 is 2.67 bits per heavy atom. The number of benzene rings is 1. The molecule has 1 fully saturated rings. The van der Waals surface area contributed by atoms with Gasteiger partial charge in [0.05, 0.1) is 0 Å². The van der Waals surface area contributed by atoms with Crippen LogP contribution in [0.2, 0.25) is 0 Å². The third-order valence-electron chi connectivity index (χ3n) is 3.93. The third kappa shape index (κ3) is 4.11. The van der Waals surface area contributed by atoms with Gasteiger partial charge < -0.3 is 10.2 Å². The molecule has 1 heterocycles. The lowest BCUT2D eigenvalue weighted by atomic mass is 10.1. The van der Waals surface area contributed by atoms with E-state index in [1.54, 1.807) is 0 Å². The van der Waals surface area contributed by atoms with Gasteiger partial charge in [-0.1, -0.05) is 30.3 Å². The summed E-state index contributed by atoms with van der Waals surface area (Å²) in [6, 6.07) is 12.1. The second-order valence-corrected chi connectivity index (χ2v) is 5.62. The molecule has 1 aliphatic heterocycles. The summed E-state index contributed by atoms with van der Waals surface area (Å²) in [7, 11) is 0. The van der Waals surface area contributed by atoms with Crippen LogP contribution in [0.4, 0.5) is 0 Å². The first-order valence-corrected chi connectivity index (χ1v) is 7.27. The van der Waals surface area contributed by atoms with Crippen LogP contribution in [0.3, 0.4) is 0 Å². The number of hydrogen-bond donors (Lipinski definition) is 1. The molecule has 0 aromatic heterocycles. The van der Waals surface area contributed by atoms with Crippen molar-refractivity contribution in [3.05, 3.63) is 35.9 Å². The number of rotatable bonds is 4. The summed E-state index contributed by atoms with van der Waals surface area (Å²) in [5.74, 6) is 0. The lowest BCUT2D eigenvalue weighted by molar-refractivity contribution is 0.229. The van der Waals surface area contributed by atoms with E-state index < -0.39 is 0 Å². The van der Waals surface area contributed by atoms with E-state index in [-0.39, 0.29) is 0 Å². The Hall–Kier alpha value is -0.860. The molecule has 1 aromatic carbocycles. The minimum Gasteiger partial charge on any atom is -0.310 e. The van der Waals surface area contributed by atoms with Gasteiger partial charge in [0.25, 0.3) is 0 Å². The molecular weight excluding hydrogens is 220 g/mol. The van der Waals surface area contributed by atoms with E-state index in [0.717, 1.165) is 6.54 Å². The van der Waals surface area contributed by atoms with Gasteiger partial charge in [0.2, 0.25) is 0 Å². The van der Waals surface area contributed by atoms with Gasteiger partial charge in [-0.15, -0.1) is 0 Å². The summed E-state index contributed by atoms with van der Waals surface area (Å²) in [6.07, 6.45) is 3.92. The molecule has 0 amide bonds. The summed E-state index contributed by atoms with van der Waals surface area (Å²) >= 11 is 0. The van der Waals surface area contributed by atoms with Gasteiger partial charge in [-0.25, -0.2) is 0 Å². The molecule has 0 spiro atoms. The molecule has 0 radical (unpaired) electrons. The highest BCUT2D eigenvalue weighted by Crippen LogP contribution is 2.13. The van der Waals surface area contributed by atoms with Gasteiger partial charge in [0.1, 0.15) is 0 Å². The molecular formula is C16H26N2. The standard InChI is InChI=1S/C16H26N2/c1-14(2)18-11-6-9-16(10-12-18)17-13-15-7-4-3-5-8-15/h3-5,7-8,14,16-17H,6,9-13H2,1-2H3. The summed E-state index contributed by atoms with van der Waals surface area (Å²) in [5, 5.41) is 3.71. The lowest BCUT2D eigenvalue weighted by Gasteiger charge is -2.24. The fourth-order valence-electron chi connectivity index (χ4n) is 2.70. The zero-order valence-corrected chi connectivity index (χ0v) is 11.7. The van der Waals surface area contributed by atoms with Gasteiger partial charge in [-0.3, -0.25) is 0 Å². The smallest absolute Gasteiger partial charge is 0.0208 e. The summed E-state index contributed by atoms with van der Waals surface area (Å²) < 4.78 is 0. The van der Waals surface area contributed by atoms with Crippen molar-refractivity contribution < 1.29 is 0 Å². The number of hydrogen-bond acceptors (Lipinski definition) is 2. The van der Waals surface area contributed by atoms with Gasteiger partial charge in [0, 0.05) is 18.6 Å². The number of nitrogens with one attached hydrogen (secondary N) is 1. The quantitative estimate of drug-likeness (QED) is 0.878. The normalized spacial score (nSPS) is 22.1. The maximum Gasteiger partial charge on any atom is 0.0208 e. The zero-order valence-electron chi connectivity index (χ0n) is 11.7. The molecule has 1 saturated heterocycles. The molecule has 2 nitrogen and oxygen atoms in total. The molecule has 1 unspecified atom stereocenters. The van der Waals surface area contributed by atoms with E-state index in [1.807, 2.05) is 0 Å². The average molecular weight is 246 g/mol. The molecule has 1 aromatic rings. The Labute approximate surface area is 111 Å². The first-order valence-electron chi connectivity index (χ1n) is 7.27. The molecule has 0 bridgehead atoms. The van der Waals surface area contributed by atoms with Crippen LogP contribution < -0.4 is 5.32 Å². The van der Waals surface area contributed by atoms with Gasteiger partial charge >= 0.3 is 0 Å². The van der Waals surface area contributed by atoms with Crippen LogP contribution in [0, 0.1) is 0 Å². The molecule has 1 N–H and O–H groups in total. The van der Waals surface area contributed by atoms with Crippen LogP contribution >= 0.6 is 0 Å². The SMILES string of the molecule is CC(C)N1CCCC(NCc2ccccc2)CC1. The van der Waals surface area contributed by atoms with Gasteiger partial charge in [-0.2, -0.15) is 0 Å². The minimum atomic E-state index is 0.689. The Balaban J connectivity index is 1.77. The Bertz CT molecular complexity index is 334. The van der Waals surface area contributed by atoms with E-state index >= 15 is 0 Å². The predicted molar refractivity (Wildman–Crippen MR) is 77.6 cm³/mol. The Kier molecular flexibility index (Phi) is 5.21. The summed E-state index contributed by atoms with van der Waals surface area (Å²) in [6.45, 7) is 8.12. The second kappa shape index (κ2) is 6.91. The zero-order chi connectivity index (χ0) is 12.8. The van der Waals surface area contributed by atoms with Crippen molar-refractivity contribution >= 4 is 0 Å². The Morgan fingerprint density at radius 2 is 1.94 bits per heavy atom. The highest BCUT2D eigenvalue weighted by atomic mass is 15.1. The van der Waals surface area contributed by atoms with Crippen molar-refractivity contribution in [3.63, 3.8) is 0 Å². The molecule has 0 aliphatic carbocycles. The highest BCUT2D eigenvalue weighted by Gasteiger charge is 2.17. The Morgan fingerprint density at radius 1 is 1.17 bits per heavy atom. The van der Waals surface area contributed by atoms with E-state index in [0.29, 0.717) is 12.1 Å². The van der Waals surface area contributed by atoms with Crippen LogP contribution in [0.1, 0.15) is 38.7 Å². The van der Waals surface area contributed by atoms with E-state index in [1.165, 1.54) is 37.9 Å². The van der Waals surface area contributed by atoms with Crippen LogP contribution in [-0.2, 0) is 6.54 Å². The minimum absolute atomic E-state index is 0.689. The van der Waals surface area contributed by atoms with Gasteiger partial charge in [0.15, 0.2) is 0 Å². The molecule has 1 aliphatic rings. The molecule has 18 heavy (non-hydrogen) atoms. The van der Waals surface area contributed by atoms with Crippen molar-refractivity contribution in [2.75, 3.05) is 13.1 Å². The van der Waals surface area contributed by atoms with Crippen LogP contribution in [0.15, 0.2) is 30.3 Å². The predicted octanol–water partition coefficient (Wildman–Crippen LogP) is 3.04. The fourth-order valence-corrected chi connectivity index (χ4v) is 2.70. The lowest BCUT2D eigenvalue weighted by Crippen LogP contribution is -2.33. The van der Waals surface area contributed by atoms with Crippen molar-refractivity contribution in [1.82, 2.24) is 10.2 Å². The fraction of sp³-hybridized carbons (Fsp3) is 0.625. The number of nitrogens with zero attached hydrogens (tertiary/aromatic N) is 1. The summed E-state index contributed by atoms with van der Waals surface area (Å²) in [5.41, 5.74) is 1.39. The largest absolute Gasteiger partial charge is 0.310 e. The van der Waals surface area contributed by atoms with Crippen LogP contribution in [0.5, 0.6) is 0 Å². The first kappa shape index (κ1) is 13.6. The highest BCUT2D eigenvalue weighted by molar-refractivity contribution is 5.14. The molecule has 2 rings (SSSR count). The van der Waals surface area contributed by atoms with Crippen LogP contribution in [-0.4, -0.2) is 30.1 Å². The maximum atomic E-state index is 3.71. The molecule has 1 atom stereocenters. The first-order chi connectivity index (χ1) is 8.75. The van der Waals surface area contributed by atoms with Crippen molar-refractivity contribution in [1.29, 1.82) is 0 Å². The maximum absolute atomic E-state index is 3.71. The summed E-state index contributed by atoms with van der Waals surface area (Å²) in [4.78, 5) is 2.60. The molecule has 0 saturated carbocycles. The van der Waals surface area contributed by atoms with E-state index in [9.17, 15) is 0 Å². The molecule has 2 heteroatoms. The van der Waals surface area contributed by atoms with Crippen LogP contribution in [0.25, 0.3) is 0 Å². The van der Waals surface area contributed by atoms with Crippen molar-refractivity contribution in [2.45, 2.75) is 51.7 Å². The number of likely N-dealkylation sites (tertiary alicyclic amines) is 1. The average Bonchev–Trinajstić information content (AvgIpc) is 2.63.